The molecule has 156 valence electrons. The van der Waals surface area contributed by atoms with E-state index in [0.717, 1.165) is 20.9 Å². The van der Waals surface area contributed by atoms with Crippen molar-refractivity contribution in [2.24, 2.45) is 5.41 Å². The first-order valence-electron chi connectivity index (χ1n) is 10.0. The first-order chi connectivity index (χ1) is 15.0. The molecule has 7 heteroatoms. The van der Waals surface area contributed by atoms with Crippen LogP contribution in [0.1, 0.15) is 24.0 Å². The van der Waals surface area contributed by atoms with Crippen LogP contribution in [-0.4, -0.2) is 40.7 Å². The second-order valence-electron chi connectivity index (χ2n) is 7.42. The van der Waals surface area contributed by atoms with E-state index in [4.69, 9.17) is 10.5 Å². The molecule has 4 amide bonds. The molecule has 3 rings (SSSR count). The lowest BCUT2D eigenvalue weighted by Crippen LogP contribution is -2.66. The van der Waals surface area contributed by atoms with Crippen molar-refractivity contribution in [1.29, 1.82) is 10.5 Å². The molecule has 2 aromatic rings. The van der Waals surface area contributed by atoms with Crippen LogP contribution in [0.4, 0.5) is 4.79 Å². The summed E-state index contributed by atoms with van der Waals surface area (Å²) in [6.07, 6.45) is 0.147. The Morgan fingerprint density at radius 1 is 0.677 bits per heavy atom. The molecule has 0 unspecified atom stereocenters. The molecule has 0 aliphatic carbocycles. The molecule has 1 aliphatic rings. The van der Waals surface area contributed by atoms with Crippen LogP contribution >= 0.6 is 0 Å². The zero-order valence-electron chi connectivity index (χ0n) is 17.0. The summed E-state index contributed by atoms with van der Waals surface area (Å²) < 4.78 is 0. The van der Waals surface area contributed by atoms with Gasteiger partial charge in [0, 0.05) is 13.1 Å². The fourth-order valence-electron chi connectivity index (χ4n) is 3.90. The minimum absolute atomic E-state index is 0.0372. The Labute approximate surface area is 181 Å². The lowest BCUT2D eigenvalue weighted by atomic mass is 9.72. The van der Waals surface area contributed by atoms with Gasteiger partial charge in [0.1, 0.15) is 5.41 Å². The third kappa shape index (κ3) is 4.46. The lowest BCUT2D eigenvalue weighted by Gasteiger charge is -2.44. The number of barbiturate groups is 1. The van der Waals surface area contributed by atoms with E-state index in [-0.39, 0.29) is 38.8 Å². The van der Waals surface area contributed by atoms with Gasteiger partial charge >= 0.3 is 6.03 Å². The second-order valence-corrected chi connectivity index (χ2v) is 7.42. The minimum Gasteiger partial charge on any atom is -0.273 e. The maximum absolute atomic E-state index is 13.7. The van der Waals surface area contributed by atoms with Crippen LogP contribution in [0, 0.1) is 28.1 Å². The van der Waals surface area contributed by atoms with E-state index in [1.807, 2.05) is 72.8 Å². The molecular formula is C24H22N4O3. The second kappa shape index (κ2) is 9.69. The number of carbonyl (C=O) groups excluding carboxylic acids is 3. The SMILES string of the molecule is N#CCCN1C(=O)N(CCC#N)C(=O)C(Cc2ccccc2)(Cc2ccccc2)C1=O. The van der Waals surface area contributed by atoms with Gasteiger partial charge in [-0.25, -0.2) is 4.79 Å². The standard InChI is InChI=1S/C24H22N4O3/c25-13-7-15-27-21(29)24(17-19-9-3-1-4-10-19,18-20-11-5-2-6-12-20)22(30)28(23(27)31)16-8-14-26/h1-6,9-12H,7-8,15-18H2. The van der Waals surface area contributed by atoms with Crippen molar-refractivity contribution in [3.63, 3.8) is 0 Å². The number of amides is 4. The van der Waals surface area contributed by atoms with Crippen LogP contribution < -0.4 is 0 Å². The topological polar surface area (TPSA) is 105 Å². The average molecular weight is 414 g/mol. The molecule has 0 saturated carbocycles. The Hall–Kier alpha value is -3.97. The molecule has 0 bridgehead atoms. The Kier molecular flexibility index (Phi) is 6.79. The predicted molar refractivity (Wildman–Crippen MR) is 112 cm³/mol. The van der Waals surface area contributed by atoms with E-state index >= 15 is 0 Å². The van der Waals surface area contributed by atoms with E-state index in [2.05, 4.69) is 0 Å². The molecule has 0 N–H and O–H groups in total. The molecule has 1 heterocycles. The summed E-state index contributed by atoms with van der Waals surface area (Å²) in [7, 11) is 0. The van der Waals surface area contributed by atoms with E-state index in [1.54, 1.807) is 0 Å². The number of hydrogen-bond donors (Lipinski definition) is 0. The van der Waals surface area contributed by atoms with E-state index in [0.29, 0.717) is 0 Å². The van der Waals surface area contributed by atoms with Gasteiger partial charge in [-0.2, -0.15) is 10.5 Å². The monoisotopic (exact) mass is 414 g/mol. The summed E-state index contributed by atoms with van der Waals surface area (Å²) >= 11 is 0. The highest BCUT2D eigenvalue weighted by Gasteiger charge is 2.56. The number of nitriles is 2. The first-order valence-corrected chi connectivity index (χ1v) is 10.0. The van der Waals surface area contributed by atoms with Gasteiger partial charge in [-0.1, -0.05) is 60.7 Å². The molecule has 0 atom stereocenters. The van der Waals surface area contributed by atoms with Crippen molar-refractivity contribution < 1.29 is 14.4 Å². The third-order valence-electron chi connectivity index (χ3n) is 5.36. The summed E-state index contributed by atoms with van der Waals surface area (Å²) in [5, 5.41) is 18.0. The molecule has 0 aromatic heterocycles. The van der Waals surface area contributed by atoms with Crippen molar-refractivity contribution in [3.8, 4) is 12.1 Å². The molecule has 1 saturated heterocycles. The number of rotatable bonds is 8. The van der Waals surface area contributed by atoms with E-state index < -0.39 is 23.3 Å². The van der Waals surface area contributed by atoms with Crippen LogP contribution in [0.3, 0.4) is 0 Å². The van der Waals surface area contributed by atoms with Gasteiger partial charge < -0.3 is 0 Å². The fourth-order valence-corrected chi connectivity index (χ4v) is 3.90. The van der Waals surface area contributed by atoms with Gasteiger partial charge in [-0.15, -0.1) is 0 Å². The molecule has 7 nitrogen and oxygen atoms in total. The molecule has 1 fully saturated rings. The van der Waals surface area contributed by atoms with Crippen molar-refractivity contribution in [3.05, 3.63) is 71.8 Å². The highest BCUT2D eigenvalue weighted by molar-refractivity contribution is 6.19. The van der Waals surface area contributed by atoms with Crippen LogP contribution in [0.25, 0.3) is 0 Å². The van der Waals surface area contributed by atoms with Crippen molar-refractivity contribution >= 4 is 17.8 Å². The van der Waals surface area contributed by atoms with Gasteiger partial charge in [-0.05, 0) is 24.0 Å². The number of carbonyl (C=O) groups is 3. The number of urea groups is 1. The highest BCUT2D eigenvalue weighted by Crippen LogP contribution is 2.37. The van der Waals surface area contributed by atoms with Gasteiger partial charge in [-0.3, -0.25) is 19.4 Å². The summed E-state index contributed by atoms with van der Waals surface area (Å²) in [4.78, 5) is 42.3. The fraction of sp³-hybridized carbons (Fsp3) is 0.292. The van der Waals surface area contributed by atoms with Crippen LogP contribution in [-0.2, 0) is 22.4 Å². The number of benzene rings is 2. The largest absolute Gasteiger partial charge is 0.333 e. The van der Waals surface area contributed by atoms with Gasteiger partial charge in [0.05, 0.1) is 25.0 Å². The number of hydrogen-bond acceptors (Lipinski definition) is 5. The molecule has 2 aromatic carbocycles. The third-order valence-corrected chi connectivity index (χ3v) is 5.36. The first kappa shape index (κ1) is 21.7. The molecule has 31 heavy (non-hydrogen) atoms. The van der Waals surface area contributed by atoms with Gasteiger partial charge in [0.2, 0.25) is 11.8 Å². The summed E-state index contributed by atoms with van der Waals surface area (Å²) in [6.45, 7) is -0.203. The number of nitrogens with zero attached hydrogens (tertiary/aromatic N) is 4. The highest BCUT2D eigenvalue weighted by atomic mass is 16.2. The van der Waals surface area contributed by atoms with Crippen LogP contribution in [0.15, 0.2) is 60.7 Å². The number of imide groups is 2. The van der Waals surface area contributed by atoms with Crippen molar-refractivity contribution in [2.45, 2.75) is 25.7 Å². The summed E-state index contributed by atoms with van der Waals surface area (Å²) in [5.74, 6) is -1.20. The smallest absolute Gasteiger partial charge is 0.273 e. The zero-order valence-corrected chi connectivity index (χ0v) is 17.0. The maximum atomic E-state index is 13.7. The predicted octanol–water partition coefficient (Wildman–Crippen LogP) is 3.08. The normalized spacial score (nSPS) is 15.5. The molecule has 0 radical (unpaired) electrons. The van der Waals surface area contributed by atoms with Crippen LogP contribution in [0.2, 0.25) is 0 Å². The van der Waals surface area contributed by atoms with E-state index in [9.17, 15) is 14.4 Å². The Morgan fingerprint density at radius 2 is 1.06 bits per heavy atom. The van der Waals surface area contributed by atoms with Gasteiger partial charge in [0.25, 0.3) is 0 Å². The van der Waals surface area contributed by atoms with Gasteiger partial charge in [0.15, 0.2) is 0 Å². The molecule has 0 spiro atoms. The van der Waals surface area contributed by atoms with E-state index in [1.165, 1.54) is 0 Å². The Bertz CT molecular complexity index is 954. The quantitative estimate of drug-likeness (QED) is 0.617. The Morgan fingerprint density at radius 3 is 1.42 bits per heavy atom. The summed E-state index contributed by atoms with van der Waals surface area (Å²) in [6, 6.07) is 21.5. The summed E-state index contributed by atoms with van der Waals surface area (Å²) in [5.41, 5.74) is 0.0338. The maximum Gasteiger partial charge on any atom is 0.333 e. The zero-order chi connectivity index (χ0) is 22.3. The van der Waals surface area contributed by atoms with Crippen molar-refractivity contribution in [1.82, 2.24) is 9.80 Å². The Balaban J connectivity index is 2.12. The molecule has 1 aliphatic heterocycles. The van der Waals surface area contributed by atoms with Crippen LogP contribution in [0.5, 0.6) is 0 Å². The minimum atomic E-state index is -1.54. The average Bonchev–Trinajstić information content (AvgIpc) is 2.79. The van der Waals surface area contributed by atoms with Crippen molar-refractivity contribution in [2.75, 3.05) is 13.1 Å². The lowest BCUT2D eigenvalue weighted by molar-refractivity contribution is -0.158. The molecular weight excluding hydrogens is 392 g/mol.